The summed E-state index contributed by atoms with van der Waals surface area (Å²) in [6, 6.07) is 0. The Kier molecular flexibility index (Phi) is 2.88. The number of likely N-dealkylation sites (tertiary alicyclic amines) is 1. The molecule has 1 saturated heterocycles. The van der Waals surface area contributed by atoms with Crippen LogP contribution < -0.4 is 0 Å². The fourth-order valence-corrected chi connectivity index (χ4v) is 1.34. The van der Waals surface area contributed by atoms with Gasteiger partial charge in [0.2, 0.25) is 23.6 Å². The lowest BCUT2D eigenvalue weighted by molar-refractivity contribution is -0.147. The number of hydrogen-bond donors (Lipinski definition) is 0. The zero-order valence-corrected chi connectivity index (χ0v) is 8.81. The predicted octanol–water partition coefficient (Wildman–Crippen LogP) is -1.00. The standard InChI is InChI=1S/C9H12N2O4/c1-5(12)10(2)8(14)6-4-7(13)11(3)9(6)15/h6H,4H2,1-3H3. The summed E-state index contributed by atoms with van der Waals surface area (Å²) in [5.41, 5.74) is 0. The normalized spacial score (nSPS) is 20.7. The number of carbonyl (C=O) groups is 4. The van der Waals surface area contributed by atoms with Crippen LogP contribution >= 0.6 is 0 Å². The van der Waals surface area contributed by atoms with Crippen molar-refractivity contribution >= 4 is 23.6 Å². The first-order chi connectivity index (χ1) is 6.86. The average molecular weight is 212 g/mol. The van der Waals surface area contributed by atoms with Gasteiger partial charge in [0.1, 0.15) is 5.92 Å². The molecule has 0 N–H and O–H groups in total. The molecule has 0 aromatic heterocycles. The third-order valence-corrected chi connectivity index (χ3v) is 2.48. The van der Waals surface area contributed by atoms with Gasteiger partial charge in [-0.1, -0.05) is 0 Å². The molecule has 0 saturated carbocycles. The lowest BCUT2D eigenvalue weighted by atomic mass is 10.1. The fraction of sp³-hybridized carbons (Fsp3) is 0.556. The summed E-state index contributed by atoms with van der Waals surface area (Å²) in [7, 11) is 2.62. The molecule has 6 nitrogen and oxygen atoms in total. The minimum atomic E-state index is -1.03. The molecule has 1 fully saturated rings. The van der Waals surface area contributed by atoms with Gasteiger partial charge in [0.05, 0.1) is 0 Å². The van der Waals surface area contributed by atoms with Crippen molar-refractivity contribution < 1.29 is 19.2 Å². The summed E-state index contributed by atoms with van der Waals surface area (Å²) >= 11 is 0. The van der Waals surface area contributed by atoms with Crippen LogP contribution in [0, 0.1) is 5.92 Å². The van der Waals surface area contributed by atoms with Crippen LogP contribution in [-0.2, 0) is 19.2 Å². The Morgan fingerprint density at radius 1 is 1.40 bits per heavy atom. The van der Waals surface area contributed by atoms with E-state index in [0.29, 0.717) is 0 Å². The molecule has 1 heterocycles. The van der Waals surface area contributed by atoms with Gasteiger partial charge < -0.3 is 0 Å². The molecule has 6 heteroatoms. The van der Waals surface area contributed by atoms with Gasteiger partial charge in [-0.15, -0.1) is 0 Å². The Bertz CT molecular complexity index is 350. The van der Waals surface area contributed by atoms with Crippen molar-refractivity contribution in [1.29, 1.82) is 0 Å². The Morgan fingerprint density at radius 2 is 1.93 bits per heavy atom. The number of hydrogen-bond acceptors (Lipinski definition) is 4. The Labute approximate surface area is 86.8 Å². The van der Waals surface area contributed by atoms with Gasteiger partial charge in [-0.05, 0) is 0 Å². The summed E-state index contributed by atoms with van der Waals surface area (Å²) in [5, 5.41) is 0. The largest absolute Gasteiger partial charge is 0.285 e. The lowest BCUT2D eigenvalue weighted by Gasteiger charge is -2.15. The third-order valence-electron chi connectivity index (χ3n) is 2.48. The zero-order chi connectivity index (χ0) is 11.7. The second kappa shape index (κ2) is 3.80. The summed E-state index contributed by atoms with van der Waals surface area (Å²) < 4.78 is 0. The molecule has 0 aromatic carbocycles. The molecule has 0 bridgehead atoms. The maximum Gasteiger partial charge on any atom is 0.242 e. The second-order valence-electron chi connectivity index (χ2n) is 3.46. The van der Waals surface area contributed by atoms with E-state index in [2.05, 4.69) is 0 Å². The minimum Gasteiger partial charge on any atom is -0.285 e. The van der Waals surface area contributed by atoms with Gasteiger partial charge in [-0.3, -0.25) is 29.0 Å². The van der Waals surface area contributed by atoms with Crippen molar-refractivity contribution in [2.45, 2.75) is 13.3 Å². The van der Waals surface area contributed by atoms with Crippen molar-refractivity contribution in [3.63, 3.8) is 0 Å². The first-order valence-corrected chi connectivity index (χ1v) is 4.44. The van der Waals surface area contributed by atoms with Crippen LogP contribution in [0.2, 0.25) is 0 Å². The number of rotatable bonds is 1. The molecule has 82 valence electrons. The van der Waals surface area contributed by atoms with E-state index in [1.165, 1.54) is 21.0 Å². The van der Waals surface area contributed by atoms with Crippen LogP contribution in [0.3, 0.4) is 0 Å². The van der Waals surface area contributed by atoms with E-state index in [1.54, 1.807) is 0 Å². The van der Waals surface area contributed by atoms with Crippen LogP contribution in [0.1, 0.15) is 13.3 Å². The number of nitrogens with zero attached hydrogens (tertiary/aromatic N) is 2. The van der Waals surface area contributed by atoms with Crippen molar-refractivity contribution in [3.8, 4) is 0 Å². The highest BCUT2D eigenvalue weighted by molar-refractivity contribution is 6.15. The molecule has 4 amide bonds. The molecule has 15 heavy (non-hydrogen) atoms. The number of amides is 4. The lowest BCUT2D eigenvalue weighted by Crippen LogP contribution is -2.39. The molecular formula is C9H12N2O4. The Balaban J connectivity index is 2.83. The molecule has 1 unspecified atom stereocenters. The molecular weight excluding hydrogens is 200 g/mol. The van der Waals surface area contributed by atoms with Crippen LogP contribution in [-0.4, -0.2) is 47.5 Å². The average Bonchev–Trinajstić information content (AvgIpc) is 2.43. The molecule has 1 rings (SSSR count). The van der Waals surface area contributed by atoms with Gasteiger partial charge in [0.25, 0.3) is 0 Å². The van der Waals surface area contributed by atoms with Gasteiger partial charge in [-0.2, -0.15) is 0 Å². The van der Waals surface area contributed by atoms with Gasteiger partial charge in [0, 0.05) is 27.4 Å². The highest BCUT2D eigenvalue weighted by Crippen LogP contribution is 2.19. The van der Waals surface area contributed by atoms with E-state index < -0.39 is 29.5 Å². The molecule has 1 aliphatic rings. The Hall–Kier alpha value is -1.72. The summed E-state index contributed by atoms with van der Waals surface area (Å²) in [4.78, 5) is 46.8. The summed E-state index contributed by atoms with van der Waals surface area (Å²) in [6.07, 6.45) is -0.147. The van der Waals surface area contributed by atoms with Crippen LogP contribution in [0.4, 0.5) is 0 Å². The highest BCUT2D eigenvalue weighted by atomic mass is 16.2. The quantitative estimate of drug-likeness (QED) is 0.412. The van der Waals surface area contributed by atoms with E-state index in [9.17, 15) is 19.2 Å². The monoisotopic (exact) mass is 212 g/mol. The SMILES string of the molecule is CC(=O)N(C)C(=O)C1CC(=O)N(C)C1=O. The first-order valence-electron chi connectivity index (χ1n) is 4.44. The predicted molar refractivity (Wildman–Crippen MR) is 49.3 cm³/mol. The van der Waals surface area contributed by atoms with Gasteiger partial charge >= 0.3 is 0 Å². The Morgan fingerprint density at radius 3 is 2.27 bits per heavy atom. The third kappa shape index (κ3) is 1.88. The van der Waals surface area contributed by atoms with Crippen LogP contribution in [0.25, 0.3) is 0 Å². The first kappa shape index (κ1) is 11.4. The van der Waals surface area contributed by atoms with Gasteiger partial charge in [-0.25, -0.2) is 0 Å². The maximum atomic E-state index is 11.6. The minimum absolute atomic E-state index is 0.147. The van der Waals surface area contributed by atoms with Gasteiger partial charge in [0.15, 0.2) is 0 Å². The van der Waals surface area contributed by atoms with E-state index in [1.807, 2.05) is 0 Å². The van der Waals surface area contributed by atoms with Crippen molar-refractivity contribution in [1.82, 2.24) is 9.80 Å². The van der Waals surface area contributed by atoms with E-state index >= 15 is 0 Å². The van der Waals surface area contributed by atoms with E-state index in [-0.39, 0.29) is 6.42 Å². The van der Waals surface area contributed by atoms with Crippen molar-refractivity contribution in [2.24, 2.45) is 5.92 Å². The maximum absolute atomic E-state index is 11.6. The fourth-order valence-electron chi connectivity index (χ4n) is 1.34. The second-order valence-corrected chi connectivity index (χ2v) is 3.46. The van der Waals surface area contributed by atoms with Crippen molar-refractivity contribution in [3.05, 3.63) is 0 Å². The molecule has 1 aliphatic heterocycles. The smallest absolute Gasteiger partial charge is 0.242 e. The highest BCUT2D eigenvalue weighted by Gasteiger charge is 2.42. The summed E-state index contributed by atoms with van der Waals surface area (Å²) in [6.45, 7) is 1.23. The summed E-state index contributed by atoms with van der Waals surface area (Å²) in [5.74, 6) is -3.04. The molecule has 0 aromatic rings. The number of imide groups is 2. The molecule has 0 spiro atoms. The van der Waals surface area contributed by atoms with Crippen LogP contribution in [0.15, 0.2) is 0 Å². The van der Waals surface area contributed by atoms with E-state index in [4.69, 9.17) is 0 Å². The number of carbonyl (C=O) groups excluding carboxylic acids is 4. The van der Waals surface area contributed by atoms with E-state index in [0.717, 1.165) is 9.80 Å². The molecule has 0 aliphatic carbocycles. The van der Waals surface area contributed by atoms with Crippen LogP contribution in [0.5, 0.6) is 0 Å². The molecule has 0 radical (unpaired) electrons. The topological polar surface area (TPSA) is 74.8 Å². The molecule has 1 atom stereocenters. The zero-order valence-electron chi connectivity index (χ0n) is 8.81. The van der Waals surface area contributed by atoms with Crippen molar-refractivity contribution in [2.75, 3.05) is 14.1 Å².